The Morgan fingerprint density at radius 2 is 2.14 bits per heavy atom. The maximum Gasteiger partial charge on any atom is 0.273 e. The second-order valence-electron chi connectivity index (χ2n) is 4.41. The highest BCUT2D eigenvalue weighted by molar-refractivity contribution is 6.35. The zero-order valence-electron chi connectivity index (χ0n) is 11.2. The Bertz CT molecular complexity index is 628. The van der Waals surface area contributed by atoms with E-state index < -0.39 is 0 Å². The van der Waals surface area contributed by atoms with Gasteiger partial charge in [-0.2, -0.15) is 0 Å². The van der Waals surface area contributed by atoms with Crippen LogP contribution >= 0.6 is 23.2 Å². The molecule has 0 fully saturated rings. The van der Waals surface area contributed by atoms with Crippen molar-refractivity contribution in [2.45, 2.75) is 12.8 Å². The minimum absolute atomic E-state index is 0.251. The summed E-state index contributed by atoms with van der Waals surface area (Å²) in [5.41, 5.74) is 6.57. The largest absolute Gasteiger partial charge is 0.448 e. The quantitative estimate of drug-likeness (QED) is 0.853. The highest BCUT2D eigenvalue weighted by Gasteiger charge is 2.11. The summed E-state index contributed by atoms with van der Waals surface area (Å²) < 4.78 is 5.14. The predicted octanol–water partition coefficient (Wildman–Crippen LogP) is 2.46. The molecule has 0 aliphatic heterocycles. The Morgan fingerprint density at radius 3 is 2.86 bits per heavy atom. The van der Waals surface area contributed by atoms with Crippen LogP contribution in [-0.4, -0.2) is 24.0 Å². The van der Waals surface area contributed by atoms with Crippen LogP contribution in [0.1, 0.15) is 21.9 Å². The van der Waals surface area contributed by atoms with Gasteiger partial charge in [-0.1, -0.05) is 29.3 Å². The average molecular weight is 328 g/mol. The lowest BCUT2D eigenvalue weighted by Gasteiger charge is -2.05. The van der Waals surface area contributed by atoms with E-state index in [9.17, 15) is 4.79 Å². The molecule has 0 aliphatic rings. The van der Waals surface area contributed by atoms with E-state index in [0.717, 1.165) is 5.56 Å². The molecule has 5 nitrogen and oxygen atoms in total. The summed E-state index contributed by atoms with van der Waals surface area (Å²) in [6, 6.07) is 5.28. The van der Waals surface area contributed by atoms with Crippen molar-refractivity contribution in [3.8, 4) is 0 Å². The topological polar surface area (TPSA) is 81.1 Å². The van der Waals surface area contributed by atoms with Crippen LogP contribution in [0.25, 0.3) is 0 Å². The molecular formula is C14H15Cl2N3O2. The molecule has 3 N–H and O–H groups in total. The number of carbonyl (C=O) groups is 1. The molecule has 21 heavy (non-hydrogen) atoms. The lowest BCUT2D eigenvalue weighted by Crippen LogP contribution is -2.26. The Morgan fingerprint density at radius 1 is 1.33 bits per heavy atom. The highest BCUT2D eigenvalue weighted by atomic mass is 35.5. The van der Waals surface area contributed by atoms with Crippen LogP contribution in [0, 0.1) is 0 Å². The van der Waals surface area contributed by atoms with Crippen LogP contribution in [0.4, 0.5) is 0 Å². The standard InChI is InChI=1S/C14H15Cl2N3O2/c15-10-2-1-9(11(16)7-10)4-6-18-14(20)12-8-21-13(19-12)3-5-17/h1-2,7-8H,3-6,17H2,(H,18,20). The molecule has 7 heteroatoms. The molecule has 0 radical (unpaired) electrons. The number of nitrogens with two attached hydrogens (primary N) is 1. The van der Waals surface area contributed by atoms with E-state index in [0.29, 0.717) is 41.9 Å². The van der Waals surface area contributed by atoms with Gasteiger partial charge in [-0.15, -0.1) is 0 Å². The number of benzene rings is 1. The van der Waals surface area contributed by atoms with Crippen LogP contribution in [0.15, 0.2) is 28.9 Å². The first-order valence-electron chi connectivity index (χ1n) is 6.46. The van der Waals surface area contributed by atoms with E-state index in [4.69, 9.17) is 33.4 Å². The Balaban J connectivity index is 1.86. The molecule has 1 amide bonds. The van der Waals surface area contributed by atoms with E-state index in [1.165, 1.54) is 6.26 Å². The van der Waals surface area contributed by atoms with Gasteiger partial charge >= 0.3 is 0 Å². The third-order valence-corrected chi connectivity index (χ3v) is 3.42. The van der Waals surface area contributed by atoms with Crippen LogP contribution < -0.4 is 11.1 Å². The first-order valence-corrected chi connectivity index (χ1v) is 7.22. The first-order chi connectivity index (χ1) is 10.1. The van der Waals surface area contributed by atoms with E-state index in [1.807, 2.05) is 6.07 Å². The SMILES string of the molecule is NCCc1nc(C(=O)NCCc2ccc(Cl)cc2Cl)co1. The second kappa shape index (κ2) is 7.45. The number of carbonyl (C=O) groups excluding carboxylic acids is 1. The first kappa shape index (κ1) is 15.8. The molecule has 2 aromatic rings. The number of aromatic nitrogens is 1. The van der Waals surface area contributed by atoms with Crippen molar-refractivity contribution in [3.05, 3.63) is 51.7 Å². The molecule has 0 saturated heterocycles. The van der Waals surface area contributed by atoms with Crippen LogP contribution in [0.2, 0.25) is 10.0 Å². The number of nitrogens with zero attached hydrogens (tertiary/aromatic N) is 1. The minimum atomic E-state index is -0.285. The summed E-state index contributed by atoms with van der Waals surface area (Å²) >= 11 is 11.9. The van der Waals surface area contributed by atoms with Gasteiger partial charge in [0, 0.05) is 29.6 Å². The van der Waals surface area contributed by atoms with Crippen molar-refractivity contribution in [2.24, 2.45) is 5.73 Å². The summed E-state index contributed by atoms with van der Waals surface area (Å²) in [6.07, 6.45) is 2.44. The fraction of sp³-hybridized carbons (Fsp3) is 0.286. The van der Waals surface area contributed by atoms with Gasteiger partial charge in [-0.3, -0.25) is 4.79 Å². The summed E-state index contributed by atoms with van der Waals surface area (Å²) in [5, 5.41) is 3.93. The van der Waals surface area contributed by atoms with E-state index in [-0.39, 0.29) is 11.6 Å². The molecule has 0 saturated carbocycles. The van der Waals surface area contributed by atoms with Crippen molar-refractivity contribution in [2.75, 3.05) is 13.1 Å². The maximum atomic E-state index is 11.9. The average Bonchev–Trinajstić information content (AvgIpc) is 2.90. The van der Waals surface area contributed by atoms with Crippen molar-refractivity contribution < 1.29 is 9.21 Å². The molecule has 0 aliphatic carbocycles. The van der Waals surface area contributed by atoms with Gasteiger partial charge in [-0.05, 0) is 24.1 Å². The molecule has 112 valence electrons. The molecule has 0 unspecified atom stereocenters. The molecule has 0 atom stereocenters. The summed E-state index contributed by atoms with van der Waals surface area (Å²) in [4.78, 5) is 15.9. The number of amides is 1. The summed E-state index contributed by atoms with van der Waals surface area (Å²) in [5.74, 6) is 0.176. The Hall–Kier alpha value is -1.56. The third kappa shape index (κ3) is 4.46. The highest BCUT2D eigenvalue weighted by Crippen LogP contribution is 2.21. The molecule has 2 rings (SSSR count). The third-order valence-electron chi connectivity index (χ3n) is 2.84. The lowest BCUT2D eigenvalue weighted by atomic mass is 10.1. The Kier molecular flexibility index (Phi) is 5.61. The number of hydrogen-bond donors (Lipinski definition) is 2. The molecule has 0 spiro atoms. The zero-order chi connectivity index (χ0) is 15.2. The van der Waals surface area contributed by atoms with Crippen molar-refractivity contribution in [3.63, 3.8) is 0 Å². The molecular weight excluding hydrogens is 313 g/mol. The van der Waals surface area contributed by atoms with Gasteiger partial charge in [0.05, 0.1) is 0 Å². The number of halogens is 2. The van der Waals surface area contributed by atoms with Gasteiger partial charge in [-0.25, -0.2) is 4.98 Å². The number of nitrogens with one attached hydrogen (secondary N) is 1. The molecule has 1 aromatic heterocycles. The van der Waals surface area contributed by atoms with Gasteiger partial charge < -0.3 is 15.5 Å². The van der Waals surface area contributed by atoms with E-state index in [2.05, 4.69) is 10.3 Å². The normalized spacial score (nSPS) is 10.6. The van der Waals surface area contributed by atoms with Crippen LogP contribution in [-0.2, 0) is 12.8 Å². The van der Waals surface area contributed by atoms with Gasteiger partial charge in [0.25, 0.3) is 5.91 Å². The predicted molar refractivity (Wildman–Crippen MR) is 81.8 cm³/mol. The van der Waals surface area contributed by atoms with Gasteiger partial charge in [0.1, 0.15) is 6.26 Å². The number of oxazole rings is 1. The van der Waals surface area contributed by atoms with Crippen molar-refractivity contribution in [1.29, 1.82) is 0 Å². The lowest BCUT2D eigenvalue weighted by molar-refractivity contribution is 0.0949. The zero-order valence-corrected chi connectivity index (χ0v) is 12.7. The van der Waals surface area contributed by atoms with Crippen molar-refractivity contribution in [1.82, 2.24) is 10.3 Å². The molecule has 1 heterocycles. The van der Waals surface area contributed by atoms with E-state index in [1.54, 1.807) is 12.1 Å². The molecule has 1 aromatic carbocycles. The second-order valence-corrected chi connectivity index (χ2v) is 5.25. The van der Waals surface area contributed by atoms with Crippen molar-refractivity contribution >= 4 is 29.1 Å². The Labute approximate surface area is 132 Å². The summed E-state index contributed by atoms with van der Waals surface area (Å²) in [7, 11) is 0. The minimum Gasteiger partial charge on any atom is -0.448 e. The fourth-order valence-electron chi connectivity index (χ4n) is 1.78. The monoisotopic (exact) mass is 327 g/mol. The van der Waals surface area contributed by atoms with Crippen LogP contribution in [0.3, 0.4) is 0 Å². The number of hydrogen-bond acceptors (Lipinski definition) is 4. The van der Waals surface area contributed by atoms with Crippen LogP contribution in [0.5, 0.6) is 0 Å². The van der Waals surface area contributed by atoms with E-state index >= 15 is 0 Å². The van der Waals surface area contributed by atoms with Gasteiger partial charge in [0.2, 0.25) is 0 Å². The van der Waals surface area contributed by atoms with Gasteiger partial charge in [0.15, 0.2) is 11.6 Å². The summed E-state index contributed by atoms with van der Waals surface area (Å²) in [6.45, 7) is 0.871. The molecule has 0 bridgehead atoms. The number of rotatable bonds is 6. The fourth-order valence-corrected chi connectivity index (χ4v) is 2.28. The smallest absolute Gasteiger partial charge is 0.273 e. The maximum absolute atomic E-state index is 11.9.